The molecule has 168 valence electrons. The number of hydrogen-bond acceptors (Lipinski definition) is 3. The molecule has 0 amide bonds. The first-order valence-corrected chi connectivity index (χ1v) is 11.0. The SMILES string of the molecule is [C-]#[N+]C(=Cc1ccc(-c2cc3ccc(N(c4ccccc4)c4ccccc4)cc3o2)cc1)C(=O)O. The van der Waals surface area contributed by atoms with E-state index < -0.39 is 5.97 Å². The van der Waals surface area contributed by atoms with Gasteiger partial charge in [0.25, 0.3) is 5.70 Å². The highest BCUT2D eigenvalue weighted by Crippen LogP contribution is 2.37. The van der Waals surface area contributed by atoms with Crippen molar-refractivity contribution in [1.29, 1.82) is 0 Å². The van der Waals surface area contributed by atoms with Gasteiger partial charge in [-0.1, -0.05) is 60.7 Å². The van der Waals surface area contributed by atoms with Crippen LogP contribution in [0.5, 0.6) is 0 Å². The van der Waals surface area contributed by atoms with Crippen molar-refractivity contribution in [2.24, 2.45) is 0 Å². The summed E-state index contributed by atoms with van der Waals surface area (Å²) in [6.45, 7) is 6.99. The van der Waals surface area contributed by atoms with Gasteiger partial charge in [-0.2, -0.15) is 0 Å². The van der Waals surface area contributed by atoms with Crippen molar-refractivity contribution in [2.45, 2.75) is 0 Å². The monoisotopic (exact) mass is 456 g/mol. The highest BCUT2D eigenvalue weighted by molar-refractivity contribution is 5.94. The minimum absolute atomic E-state index is 0.324. The van der Waals surface area contributed by atoms with E-state index >= 15 is 0 Å². The van der Waals surface area contributed by atoms with Gasteiger partial charge in [-0.15, -0.1) is 0 Å². The van der Waals surface area contributed by atoms with E-state index in [0.717, 1.165) is 33.6 Å². The lowest BCUT2D eigenvalue weighted by Crippen LogP contribution is -2.09. The van der Waals surface area contributed by atoms with Gasteiger partial charge in [-0.3, -0.25) is 4.79 Å². The van der Waals surface area contributed by atoms with Crippen LogP contribution in [0.25, 0.3) is 33.2 Å². The quantitative estimate of drug-likeness (QED) is 0.208. The maximum absolute atomic E-state index is 11.1. The Balaban J connectivity index is 1.51. The second kappa shape index (κ2) is 9.42. The summed E-state index contributed by atoms with van der Waals surface area (Å²) < 4.78 is 6.21. The molecule has 1 heterocycles. The Kier molecular flexibility index (Phi) is 5.85. The van der Waals surface area contributed by atoms with Gasteiger partial charge >= 0.3 is 5.97 Å². The van der Waals surface area contributed by atoms with Crippen LogP contribution in [0.15, 0.2) is 119 Å². The minimum Gasteiger partial charge on any atom is -0.486 e. The first kappa shape index (κ1) is 21.7. The van der Waals surface area contributed by atoms with Gasteiger partial charge in [-0.25, -0.2) is 4.85 Å². The molecule has 1 aromatic heterocycles. The van der Waals surface area contributed by atoms with Gasteiger partial charge in [0.05, 0.1) is 6.57 Å². The average Bonchev–Trinajstić information content (AvgIpc) is 3.32. The van der Waals surface area contributed by atoms with E-state index in [4.69, 9.17) is 16.1 Å². The molecule has 35 heavy (non-hydrogen) atoms. The molecule has 1 N–H and O–H groups in total. The second-order valence-electron chi connectivity index (χ2n) is 7.91. The first-order valence-electron chi connectivity index (χ1n) is 11.0. The smallest absolute Gasteiger partial charge is 0.333 e. The Morgan fingerprint density at radius 3 is 2.00 bits per heavy atom. The lowest BCUT2D eigenvalue weighted by molar-refractivity contribution is -0.132. The fourth-order valence-electron chi connectivity index (χ4n) is 3.95. The first-order chi connectivity index (χ1) is 17.1. The number of fused-ring (bicyclic) bond motifs is 1. The van der Waals surface area contributed by atoms with Crippen molar-refractivity contribution in [2.75, 3.05) is 4.90 Å². The van der Waals surface area contributed by atoms with E-state index in [-0.39, 0.29) is 5.70 Å². The summed E-state index contributed by atoms with van der Waals surface area (Å²) in [6.07, 6.45) is 1.35. The molecule has 0 fully saturated rings. The summed E-state index contributed by atoms with van der Waals surface area (Å²) in [5.74, 6) is -0.528. The highest BCUT2D eigenvalue weighted by atomic mass is 16.4. The zero-order valence-corrected chi connectivity index (χ0v) is 18.6. The molecule has 0 saturated carbocycles. The molecule has 0 atom stereocenters. The van der Waals surface area contributed by atoms with E-state index in [1.54, 1.807) is 12.1 Å². The Labute approximate surface area is 202 Å². The molecule has 0 aliphatic rings. The molecule has 0 bridgehead atoms. The van der Waals surface area contributed by atoms with Crippen LogP contribution >= 0.6 is 0 Å². The lowest BCUT2D eigenvalue weighted by atomic mass is 10.1. The summed E-state index contributed by atoms with van der Waals surface area (Å²) in [5.41, 5.74) is 5.03. The second-order valence-corrected chi connectivity index (χ2v) is 7.91. The molecule has 5 heteroatoms. The largest absolute Gasteiger partial charge is 0.486 e. The molecular formula is C30H20N2O3. The van der Waals surface area contributed by atoms with Gasteiger partial charge < -0.3 is 14.4 Å². The Hall–Kier alpha value is -5.08. The minimum atomic E-state index is -1.24. The molecule has 0 aliphatic carbocycles. The van der Waals surface area contributed by atoms with E-state index in [0.29, 0.717) is 11.3 Å². The molecule has 0 radical (unpaired) electrons. The number of rotatable bonds is 6. The number of furan rings is 1. The molecular weight excluding hydrogens is 436 g/mol. The number of carbonyl (C=O) groups is 1. The van der Waals surface area contributed by atoms with Crippen molar-refractivity contribution in [1.82, 2.24) is 0 Å². The van der Waals surface area contributed by atoms with Gasteiger partial charge in [0.1, 0.15) is 11.3 Å². The molecule has 4 aromatic carbocycles. The number of nitrogens with zero attached hydrogens (tertiary/aromatic N) is 2. The van der Waals surface area contributed by atoms with Crippen molar-refractivity contribution in [3.63, 3.8) is 0 Å². The molecule has 0 saturated heterocycles. The average molecular weight is 457 g/mol. The number of anilines is 3. The molecule has 0 aliphatic heterocycles. The summed E-state index contributed by atoms with van der Waals surface area (Å²) >= 11 is 0. The summed E-state index contributed by atoms with van der Waals surface area (Å²) in [7, 11) is 0. The van der Waals surface area contributed by atoms with Crippen LogP contribution in [0.4, 0.5) is 17.1 Å². The van der Waals surface area contributed by atoms with Crippen molar-refractivity contribution < 1.29 is 14.3 Å². The third kappa shape index (κ3) is 4.54. The highest BCUT2D eigenvalue weighted by Gasteiger charge is 2.14. The van der Waals surface area contributed by atoms with Crippen LogP contribution in [0.2, 0.25) is 0 Å². The summed E-state index contributed by atoms with van der Waals surface area (Å²) in [5, 5.41) is 10.0. The zero-order valence-electron chi connectivity index (χ0n) is 18.6. The summed E-state index contributed by atoms with van der Waals surface area (Å²) in [6, 6.07) is 35.8. The van der Waals surface area contributed by atoms with E-state index in [2.05, 4.69) is 40.1 Å². The van der Waals surface area contributed by atoms with Crippen LogP contribution < -0.4 is 4.90 Å². The predicted octanol–water partition coefficient (Wildman–Crippen LogP) is 7.91. The van der Waals surface area contributed by atoms with Crippen molar-refractivity contribution in [3.05, 3.63) is 132 Å². The number of carboxylic acid groups (broad SMARTS) is 1. The van der Waals surface area contributed by atoms with Gasteiger partial charge in [0.2, 0.25) is 0 Å². The maximum atomic E-state index is 11.1. The number of carboxylic acids is 1. The standard InChI is InChI=1S/C30H20N2O3/c1-31-27(30(33)34)18-21-12-14-22(15-13-21)28-19-23-16-17-26(20-29(23)35-28)32(24-8-4-2-5-9-24)25-10-6-3-7-11-25/h2-20H,(H,33,34). The molecule has 0 spiro atoms. The van der Waals surface area contributed by atoms with Crippen molar-refractivity contribution in [3.8, 4) is 11.3 Å². The topological polar surface area (TPSA) is 58.0 Å². The van der Waals surface area contributed by atoms with Gasteiger partial charge in [0, 0.05) is 34.1 Å². The van der Waals surface area contributed by atoms with E-state index in [1.807, 2.05) is 66.7 Å². The Morgan fingerprint density at radius 1 is 0.800 bits per heavy atom. The van der Waals surface area contributed by atoms with Gasteiger partial charge in [-0.05, 0) is 54.1 Å². The molecule has 5 rings (SSSR count). The predicted molar refractivity (Wildman–Crippen MR) is 139 cm³/mol. The molecule has 5 nitrogen and oxygen atoms in total. The number of hydrogen-bond donors (Lipinski definition) is 1. The fraction of sp³-hybridized carbons (Fsp3) is 0. The zero-order chi connectivity index (χ0) is 24.2. The Bertz CT molecular complexity index is 1520. The molecule has 0 unspecified atom stereocenters. The summed E-state index contributed by atoms with van der Waals surface area (Å²) in [4.78, 5) is 16.3. The van der Waals surface area contributed by atoms with Crippen LogP contribution in [-0.2, 0) is 4.79 Å². The third-order valence-corrected chi connectivity index (χ3v) is 5.63. The lowest BCUT2D eigenvalue weighted by Gasteiger charge is -2.25. The maximum Gasteiger partial charge on any atom is 0.333 e. The van der Waals surface area contributed by atoms with Crippen LogP contribution in [-0.4, -0.2) is 11.1 Å². The normalized spacial score (nSPS) is 11.2. The number of aliphatic carboxylic acids is 1. The van der Waals surface area contributed by atoms with E-state index in [9.17, 15) is 4.79 Å². The Morgan fingerprint density at radius 2 is 1.43 bits per heavy atom. The fourth-order valence-corrected chi connectivity index (χ4v) is 3.95. The third-order valence-electron chi connectivity index (χ3n) is 5.63. The van der Waals surface area contributed by atoms with Crippen LogP contribution in [0.1, 0.15) is 5.56 Å². The number of benzene rings is 4. The van der Waals surface area contributed by atoms with Crippen molar-refractivity contribution >= 4 is 40.1 Å². The van der Waals surface area contributed by atoms with Crippen LogP contribution in [0.3, 0.4) is 0 Å². The molecule has 5 aromatic rings. The van der Waals surface area contributed by atoms with E-state index in [1.165, 1.54) is 6.08 Å². The number of para-hydroxylation sites is 2. The van der Waals surface area contributed by atoms with Crippen LogP contribution in [0, 0.1) is 6.57 Å². The van der Waals surface area contributed by atoms with Gasteiger partial charge in [0.15, 0.2) is 0 Å².